The molecule has 1 aliphatic rings. The van der Waals surface area contributed by atoms with Crippen LogP contribution in [0.1, 0.15) is 28.8 Å². The van der Waals surface area contributed by atoms with Crippen LogP contribution in [0.5, 0.6) is 11.5 Å². The number of anilines is 1. The summed E-state index contributed by atoms with van der Waals surface area (Å²) in [5.41, 5.74) is 1.98. The first-order chi connectivity index (χ1) is 13.0. The molecule has 0 aliphatic heterocycles. The summed E-state index contributed by atoms with van der Waals surface area (Å²) < 4.78 is 10.4. The summed E-state index contributed by atoms with van der Waals surface area (Å²) in [5, 5.41) is 6.04. The van der Waals surface area contributed by atoms with E-state index in [1.807, 2.05) is 24.3 Å². The number of nitrogens with one attached hydrogen (secondary N) is 2. The maximum atomic E-state index is 12.5. The SMILES string of the molecule is COc1cc(C(=O)NCc2cccc(NC(=O)C3CC3)c2)cc(Cl)c1OC. The normalized spacial score (nSPS) is 13.0. The molecule has 0 aromatic heterocycles. The molecular formula is C20H21ClN2O4. The van der Waals surface area contributed by atoms with Crippen LogP contribution in [0.25, 0.3) is 0 Å². The van der Waals surface area contributed by atoms with Crippen LogP contribution in [0.4, 0.5) is 5.69 Å². The third-order valence-corrected chi connectivity index (χ3v) is 4.57. The molecule has 0 radical (unpaired) electrons. The van der Waals surface area contributed by atoms with Gasteiger partial charge in [0.05, 0.1) is 19.2 Å². The second-order valence-corrected chi connectivity index (χ2v) is 6.75. The maximum Gasteiger partial charge on any atom is 0.251 e. The van der Waals surface area contributed by atoms with Gasteiger partial charge in [-0.3, -0.25) is 9.59 Å². The van der Waals surface area contributed by atoms with E-state index in [4.69, 9.17) is 21.1 Å². The predicted octanol–water partition coefficient (Wildman–Crippen LogP) is 3.64. The highest BCUT2D eigenvalue weighted by Gasteiger charge is 2.29. The number of halogens is 1. The summed E-state index contributed by atoms with van der Waals surface area (Å²) in [7, 11) is 2.97. The van der Waals surface area contributed by atoms with Crippen LogP contribution in [-0.4, -0.2) is 26.0 Å². The lowest BCUT2D eigenvalue weighted by Crippen LogP contribution is -2.23. The zero-order chi connectivity index (χ0) is 19.4. The molecule has 2 amide bonds. The summed E-state index contributed by atoms with van der Waals surface area (Å²) in [5.74, 6) is 0.680. The summed E-state index contributed by atoms with van der Waals surface area (Å²) in [6, 6.07) is 10.5. The fourth-order valence-electron chi connectivity index (χ4n) is 2.68. The Balaban J connectivity index is 1.65. The highest BCUT2D eigenvalue weighted by molar-refractivity contribution is 6.32. The zero-order valence-corrected chi connectivity index (χ0v) is 15.9. The predicted molar refractivity (Wildman–Crippen MR) is 104 cm³/mol. The largest absolute Gasteiger partial charge is 0.493 e. The Labute approximate surface area is 162 Å². The molecular weight excluding hydrogens is 368 g/mol. The lowest BCUT2D eigenvalue weighted by atomic mass is 10.1. The molecule has 2 N–H and O–H groups in total. The van der Waals surface area contributed by atoms with Crippen molar-refractivity contribution in [2.24, 2.45) is 5.92 Å². The quantitative estimate of drug-likeness (QED) is 0.759. The van der Waals surface area contributed by atoms with Gasteiger partial charge in [-0.2, -0.15) is 0 Å². The minimum absolute atomic E-state index is 0.0520. The number of benzene rings is 2. The summed E-state index contributed by atoms with van der Waals surface area (Å²) in [6.45, 7) is 0.317. The summed E-state index contributed by atoms with van der Waals surface area (Å²) >= 11 is 6.15. The Morgan fingerprint density at radius 1 is 1.15 bits per heavy atom. The molecule has 0 atom stereocenters. The number of rotatable bonds is 7. The van der Waals surface area contributed by atoms with Crippen LogP contribution in [-0.2, 0) is 11.3 Å². The highest BCUT2D eigenvalue weighted by Crippen LogP contribution is 2.36. The fraction of sp³-hybridized carbons (Fsp3) is 0.300. The van der Waals surface area contributed by atoms with Crippen LogP contribution in [0.3, 0.4) is 0 Å². The topological polar surface area (TPSA) is 76.7 Å². The van der Waals surface area contributed by atoms with Gasteiger partial charge in [-0.15, -0.1) is 0 Å². The van der Waals surface area contributed by atoms with Gasteiger partial charge in [0.25, 0.3) is 5.91 Å². The Morgan fingerprint density at radius 3 is 2.59 bits per heavy atom. The standard InChI is InChI=1S/C20H21ClN2O4/c1-26-17-10-14(9-16(21)18(17)27-2)19(24)22-11-12-4-3-5-15(8-12)23-20(25)13-6-7-13/h3-5,8-10,13H,6-7,11H2,1-2H3,(H,22,24)(H,23,25). The van der Waals surface area contributed by atoms with Crippen molar-refractivity contribution in [1.29, 1.82) is 0 Å². The molecule has 7 heteroatoms. The van der Waals surface area contributed by atoms with Gasteiger partial charge < -0.3 is 20.1 Å². The van der Waals surface area contributed by atoms with Crippen molar-refractivity contribution in [2.45, 2.75) is 19.4 Å². The zero-order valence-electron chi connectivity index (χ0n) is 15.2. The van der Waals surface area contributed by atoms with Crippen LogP contribution in [0.15, 0.2) is 36.4 Å². The number of ether oxygens (including phenoxy) is 2. The number of carbonyl (C=O) groups excluding carboxylic acids is 2. The molecule has 142 valence electrons. The van der Waals surface area contributed by atoms with E-state index in [1.165, 1.54) is 20.3 Å². The molecule has 2 aromatic carbocycles. The first-order valence-electron chi connectivity index (χ1n) is 8.61. The third-order valence-electron chi connectivity index (χ3n) is 4.29. The van der Waals surface area contributed by atoms with Crippen molar-refractivity contribution in [3.63, 3.8) is 0 Å². The van der Waals surface area contributed by atoms with E-state index < -0.39 is 0 Å². The summed E-state index contributed by atoms with van der Waals surface area (Å²) in [4.78, 5) is 24.3. The van der Waals surface area contributed by atoms with E-state index in [-0.39, 0.29) is 17.7 Å². The highest BCUT2D eigenvalue weighted by atomic mass is 35.5. The average molecular weight is 389 g/mol. The average Bonchev–Trinajstić information content (AvgIpc) is 3.51. The molecule has 1 saturated carbocycles. The van der Waals surface area contributed by atoms with Crippen LogP contribution >= 0.6 is 11.6 Å². The summed E-state index contributed by atoms with van der Waals surface area (Å²) in [6.07, 6.45) is 1.91. The lowest BCUT2D eigenvalue weighted by molar-refractivity contribution is -0.117. The number of methoxy groups -OCH3 is 2. The van der Waals surface area contributed by atoms with Gasteiger partial charge in [0.15, 0.2) is 11.5 Å². The smallest absolute Gasteiger partial charge is 0.251 e. The van der Waals surface area contributed by atoms with Gasteiger partial charge in [-0.05, 0) is 42.7 Å². The minimum Gasteiger partial charge on any atom is -0.493 e. The number of amides is 2. The molecule has 0 heterocycles. The Morgan fingerprint density at radius 2 is 1.93 bits per heavy atom. The monoisotopic (exact) mass is 388 g/mol. The van der Waals surface area contributed by atoms with Gasteiger partial charge in [0.1, 0.15) is 0 Å². The van der Waals surface area contributed by atoms with E-state index in [0.717, 1.165) is 24.1 Å². The fourth-order valence-corrected chi connectivity index (χ4v) is 2.97. The second kappa shape index (κ2) is 8.31. The van der Waals surface area contributed by atoms with Gasteiger partial charge >= 0.3 is 0 Å². The van der Waals surface area contributed by atoms with Crippen molar-refractivity contribution >= 4 is 29.1 Å². The van der Waals surface area contributed by atoms with Crippen molar-refractivity contribution in [2.75, 3.05) is 19.5 Å². The first-order valence-corrected chi connectivity index (χ1v) is 8.99. The molecule has 2 aromatic rings. The van der Waals surface area contributed by atoms with Gasteiger partial charge in [0.2, 0.25) is 5.91 Å². The molecule has 0 saturated heterocycles. The van der Waals surface area contributed by atoms with Crippen LogP contribution in [0, 0.1) is 5.92 Å². The number of hydrogen-bond donors (Lipinski definition) is 2. The van der Waals surface area contributed by atoms with Gasteiger partial charge in [-0.25, -0.2) is 0 Å². The Kier molecular flexibility index (Phi) is 5.86. The molecule has 1 aliphatic carbocycles. The molecule has 3 rings (SSSR count). The van der Waals surface area contributed by atoms with Crippen molar-refractivity contribution in [3.05, 3.63) is 52.5 Å². The molecule has 1 fully saturated rings. The van der Waals surface area contributed by atoms with Crippen LogP contribution < -0.4 is 20.1 Å². The number of hydrogen-bond acceptors (Lipinski definition) is 4. The van der Waals surface area contributed by atoms with E-state index in [9.17, 15) is 9.59 Å². The van der Waals surface area contributed by atoms with Crippen molar-refractivity contribution in [1.82, 2.24) is 5.32 Å². The minimum atomic E-state index is -0.287. The molecule has 0 unspecified atom stereocenters. The second-order valence-electron chi connectivity index (χ2n) is 6.34. The van der Waals surface area contributed by atoms with E-state index in [0.29, 0.717) is 28.6 Å². The van der Waals surface area contributed by atoms with Gasteiger partial charge in [0, 0.05) is 23.7 Å². The van der Waals surface area contributed by atoms with Crippen molar-refractivity contribution < 1.29 is 19.1 Å². The third kappa shape index (κ3) is 4.71. The van der Waals surface area contributed by atoms with E-state index >= 15 is 0 Å². The Bertz CT molecular complexity index is 865. The molecule has 0 spiro atoms. The van der Waals surface area contributed by atoms with Gasteiger partial charge in [-0.1, -0.05) is 23.7 Å². The lowest BCUT2D eigenvalue weighted by Gasteiger charge is -2.12. The molecule has 6 nitrogen and oxygen atoms in total. The van der Waals surface area contributed by atoms with Crippen LogP contribution in [0.2, 0.25) is 5.02 Å². The molecule has 0 bridgehead atoms. The number of carbonyl (C=O) groups is 2. The van der Waals surface area contributed by atoms with E-state index in [1.54, 1.807) is 6.07 Å². The first kappa shape index (κ1) is 19.0. The maximum absolute atomic E-state index is 12.5. The molecule has 27 heavy (non-hydrogen) atoms. The van der Waals surface area contributed by atoms with Crippen molar-refractivity contribution in [3.8, 4) is 11.5 Å². The van der Waals surface area contributed by atoms with E-state index in [2.05, 4.69) is 10.6 Å². The Hall–Kier alpha value is -2.73.